The van der Waals surface area contributed by atoms with Crippen molar-refractivity contribution in [2.24, 2.45) is 0 Å². The van der Waals surface area contributed by atoms with Crippen LogP contribution in [0.2, 0.25) is 0 Å². The Bertz CT molecular complexity index is 935. The molecule has 0 aliphatic heterocycles. The third kappa shape index (κ3) is 5.67. The number of hydrogen-bond acceptors (Lipinski definition) is 5. The molecule has 2 amide bonds. The number of rotatable bonds is 6. The number of carbonyl (C=O) groups excluding carboxylic acids is 2. The van der Waals surface area contributed by atoms with Crippen LogP contribution < -0.4 is 10.6 Å². The fourth-order valence-corrected chi connectivity index (χ4v) is 4.14. The number of hydrogen-bond donors (Lipinski definition) is 2. The summed E-state index contributed by atoms with van der Waals surface area (Å²) in [6, 6.07) is 14.6. The van der Waals surface area contributed by atoms with E-state index in [0.29, 0.717) is 16.9 Å². The number of nitrogens with one attached hydrogen (secondary N) is 2. The molecular formula is C20H19N3O2S2. The van der Waals surface area contributed by atoms with E-state index in [1.165, 1.54) is 6.92 Å². The van der Waals surface area contributed by atoms with Gasteiger partial charge < -0.3 is 10.6 Å². The Morgan fingerprint density at radius 2 is 1.63 bits per heavy atom. The molecular weight excluding hydrogens is 378 g/mol. The molecule has 5 nitrogen and oxygen atoms in total. The van der Waals surface area contributed by atoms with Crippen LogP contribution in [0.15, 0.2) is 58.3 Å². The topological polar surface area (TPSA) is 71.1 Å². The highest BCUT2D eigenvalue weighted by atomic mass is 32.2. The molecule has 27 heavy (non-hydrogen) atoms. The Morgan fingerprint density at radius 3 is 2.19 bits per heavy atom. The summed E-state index contributed by atoms with van der Waals surface area (Å²) in [6.07, 6.45) is 0. The molecule has 0 atom stereocenters. The molecule has 2 aromatic carbocycles. The maximum atomic E-state index is 12.4. The van der Waals surface area contributed by atoms with Crippen LogP contribution in [-0.2, 0) is 10.5 Å². The van der Waals surface area contributed by atoms with Crippen LogP contribution in [0.25, 0.3) is 0 Å². The van der Waals surface area contributed by atoms with Crippen LogP contribution in [0.1, 0.15) is 28.5 Å². The minimum atomic E-state index is -0.169. The quantitative estimate of drug-likeness (QED) is 0.577. The molecule has 0 radical (unpaired) electrons. The minimum absolute atomic E-state index is 0.130. The summed E-state index contributed by atoms with van der Waals surface area (Å²) in [6.45, 7) is 3.44. The van der Waals surface area contributed by atoms with E-state index < -0.39 is 0 Å². The number of anilines is 2. The van der Waals surface area contributed by atoms with E-state index in [9.17, 15) is 9.59 Å². The highest BCUT2D eigenvalue weighted by molar-refractivity contribution is 8.00. The molecule has 138 valence electrons. The third-order valence-corrected chi connectivity index (χ3v) is 5.85. The van der Waals surface area contributed by atoms with E-state index in [2.05, 4.69) is 15.6 Å². The molecule has 0 saturated carbocycles. The number of nitrogens with zero attached hydrogens (tertiary/aromatic N) is 1. The summed E-state index contributed by atoms with van der Waals surface area (Å²) >= 11 is 3.34. The second-order valence-electron chi connectivity index (χ2n) is 5.95. The van der Waals surface area contributed by atoms with Gasteiger partial charge in [0.2, 0.25) is 5.91 Å². The van der Waals surface area contributed by atoms with Crippen LogP contribution in [0, 0.1) is 6.92 Å². The van der Waals surface area contributed by atoms with E-state index in [1.807, 2.05) is 36.6 Å². The number of aryl methyl sites for hydroxylation is 1. The van der Waals surface area contributed by atoms with Crippen molar-refractivity contribution in [3.05, 3.63) is 70.7 Å². The van der Waals surface area contributed by atoms with Crippen LogP contribution in [0.3, 0.4) is 0 Å². The first-order chi connectivity index (χ1) is 13.0. The Kier molecular flexibility index (Phi) is 6.26. The van der Waals surface area contributed by atoms with Crippen LogP contribution in [0.5, 0.6) is 0 Å². The van der Waals surface area contributed by atoms with Crippen molar-refractivity contribution in [3.63, 3.8) is 0 Å². The number of benzene rings is 2. The zero-order chi connectivity index (χ0) is 19.2. The Hall–Kier alpha value is -2.64. The minimum Gasteiger partial charge on any atom is -0.326 e. The normalized spacial score (nSPS) is 10.4. The predicted molar refractivity (Wildman–Crippen MR) is 112 cm³/mol. The van der Waals surface area contributed by atoms with Crippen molar-refractivity contribution in [2.75, 3.05) is 10.6 Å². The van der Waals surface area contributed by atoms with Crippen LogP contribution >= 0.6 is 23.1 Å². The molecule has 0 bridgehead atoms. The molecule has 7 heteroatoms. The lowest BCUT2D eigenvalue weighted by atomic mass is 10.1. The van der Waals surface area contributed by atoms with Gasteiger partial charge in [-0.3, -0.25) is 9.59 Å². The Balaban J connectivity index is 1.56. The lowest BCUT2D eigenvalue weighted by Crippen LogP contribution is -2.12. The average molecular weight is 398 g/mol. The molecule has 1 aromatic heterocycles. The first-order valence-corrected chi connectivity index (χ1v) is 10.2. The van der Waals surface area contributed by atoms with Crippen molar-refractivity contribution in [1.82, 2.24) is 4.98 Å². The smallest absolute Gasteiger partial charge is 0.255 e. The molecule has 0 spiro atoms. The lowest BCUT2D eigenvalue weighted by molar-refractivity contribution is -0.114. The van der Waals surface area contributed by atoms with Gasteiger partial charge in [0.25, 0.3) is 5.91 Å². The van der Waals surface area contributed by atoms with Gasteiger partial charge in [-0.25, -0.2) is 4.98 Å². The first-order valence-electron chi connectivity index (χ1n) is 8.32. The Morgan fingerprint density at radius 1 is 1.00 bits per heavy atom. The summed E-state index contributed by atoms with van der Waals surface area (Å²) in [5, 5.41) is 7.58. The molecule has 2 N–H and O–H groups in total. The van der Waals surface area contributed by atoms with Crippen molar-refractivity contribution in [2.45, 2.75) is 23.9 Å². The standard InChI is InChI=1S/C20H19N3O2S2/c1-13-11-26-20(21-13)27-12-15-3-5-16(6-4-15)19(25)23-18-9-7-17(8-10-18)22-14(2)24/h3-11H,12H2,1-2H3,(H,22,24)(H,23,25). The van der Waals surface area contributed by atoms with E-state index in [0.717, 1.165) is 21.3 Å². The molecule has 0 unspecified atom stereocenters. The molecule has 0 fully saturated rings. The summed E-state index contributed by atoms with van der Waals surface area (Å²) in [5.74, 6) is 0.520. The van der Waals surface area contributed by atoms with Gasteiger partial charge in [0.1, 0.15) is 4.34 Å². The Labute approximate surface area is 166 Å². The summed E-state index contributed by atoms with van der Waals surface area (Å²) in [5.41, 5.74) is 4.15. The van der Waals surface area contributed by atoms with E-state index in [-0.39, 0.29) is 11.8 Å². The van der Waals surface area contributed by atoms with Gasteiger partial charge >= 0.3 is 0 Å². The molecule has 3 aromatic rings. The van der Waals surface area contributed by atoms with Gasteiger partial charge in [0.05, 0.1) is 0 Å². The number of thiazole rings is 1. The number of thioether (sulfide) groups is 1. The van der Waals surface area contributed by atoms with E-state index in [1.54, 1.807) is 47.4 Å². The van der Waals surface area contributed by atoms with Gasteiger partial charge in [0, 0.05) is 40.7 Å². The second kappa shape index (κ2) is 8.83. The summed E-state index contributed by atoms with van der Waals surface area (Å²) < 4.78 is 1.05. The SMILES string of the molecule is CC(=O)Nc1ccc(NC(=O)c2ccc(CSc3nc(C)cs3)cc2)cc1. The fourth-order valence-electron chi connectivity index (χ4n) is 2.34. The monoisotopic (exact) mass is 397 g/mol. The molecule has 1 heterocycles. The third-order valence-electron chi connectivity index (χ3n) is 3.64. The highest BCUT2D eigenvalue weighted by Gasteiger charge is 2.07. The summed E-state index contributed by atoms with van der Waals surface area (Å²) in [4.78, 5) is 27.8. The highest BCUT2D eigenvalue weighted by Crippen LogP contribution is 2.26. The second-order valence-corrected chi connectivity index (χ2v) is 8.03. The largest absolute Gasteiger partial charge is 0.326 e. The maximum absolute atomic E-state index is 12.4. The van der Waals surface area contributed by atoms with Crippen LogP contribution in [-0.4, -0.2) is 16.8 Å². The van der Waals surface area contributed by atoms with E-state index in [4.69, 9.17) is 0 Å². The van der Waals surface area contributed by atoms with Gasteiger partial charge in [-0.15, -0.1) is 11.3 Å². The van der Waals surface area contributed by atoms with Crippen molar-refractivity contribution in [1.29, 1.82) is 0 Å². The molecule has 0 aliphatic carbocycles. The van der Waals surface area contributed by atoms with Gasteiger partial charge in [-0.2, -0.15) is 0 Å². The zero-order valence-electron chi connectivity index (χ0n) is 15.0. The zero-order valence-corrected chi connectivity index (χ0v) is 16.6. The summed E-state index contributed by atoms with van der Waals surface area (Å²) in [7, 11) is 0. The first kappa shape index (κ1) is 19.1. The van der Waals surface area contributed by atoms with E-state index >= 15 is 0 Å². The lowest BCUT2D eigenvalue weighted by Gasteiger charge is -2.08. The van der Waals surface area contributed by atoms with Crippen LogP contribution in [0.4, 0.5) is 11.4 Å². The predicted octanol–water partition coefficient (Wildman–Crippen LogP) is 4.95. The fraction of sp³-hybridized carbons (Fsp3) is 0.150. The van der Waals surface area contributed by atoms with Gasteiger partial charge in [-0.05, 0) is 48.9 Å². The molecule has 0 saturated heterocycles. The number of aromatic nitrogens is 1. The average Bonchev–Trinajstić information content (AvgIpc) is 3.07. The van der Waals surface area contributed by atoms with Crippen molar-refractivity contribution < 1.29 is 9.59 Å². The maximum Gasteiger partial charge on any atom is 0.255 e. The van der Waals surface area contributed by atoms with Gasteiger partial charge in [-0.1, -0.05) is 23.9 Å². The van der Waals surface area contributed by atoms with Crippen molar-refractivity contribution in [3.8, 4) is 0 Å². The molecule has 3 rings (SSSR count). The number of amides is 2. The molecule has 0 aliphatic rings. The number of carbonyl (C=O) groups is 2. The van der Waals surface area contributed by atoms with Crippen molar-refractivity contribution >= 4 is 46.3 Å². The van der Waals surface area contributed by atoms with Gasteiger partial charge in [0.15, 0.2) is 0 Å².